The first-order chi connectivity index (χ1) is 8.89. The molecule has 0 aromatic carbocycles. The molecule has 0 aliphatic carbocycles. The standard InChI is InChI=1S/C12H18O5S2/c1-3-5-9-8-10(11(18-9)12(13)14)17-6-7-19(15,16)4-2/h8H,3-7H2,1-2H3,(H,13,14). The van der Waals surface area contributed by atoms with E-state index in [0.29, 0.717) is 0 Å². The number of aryl methyl sites for hydroxylation is 1. The summed E-state index contributed by atoms with van der Waals surface area (Å²) in [6.45, 7) is 3.56. The van der Waals surface area contributed by atoms with Gasteiger partial charge in [-0.2, -0.15) is 0 Å². The molecule has 19 heavy (non-hydrogen) atoms. The quantitative estimate of drug-likeness (QED) is 0.796. The van der Waals surface area contributed by atoms with Gasteiger partial charge in [0.1, 0.15) is 12.4 Å². The Labute approximate surface area is 117 Å². The summed E-state index contributed by atoms with van der Waals surface area (Å²) in [6, 6.07) is 1.69. The van der Waals surface area contributed by atoms with Crippen LogP contribution in [0.3, 0.4) is 0 Å². The van der Waals surface area contributed by atoms with Crippen LogP contribution in [-0.4, -0.2) is 37.6 Å². The van der Waals surface area contributed by atoms with Crippen LogP contribution in [0.25, 0.3) is 0 Å². The van der Waals surface area contributed by atoms with Crippen molar-refractivity contribution in [2.75, 3.05) is 18.1 Å². The van der Waals surface area contributed by atoms with Crippen molar-refractivity contribution in [2.24, 2.45) is 0 Å². The molecular formula is C12H18O5S2. The van der Waals surface area contributed by atoms with Crippen molar-refractivity contribution >= 4 is 27.1 Å². The Morgan fingerprint density at radius 1 is 1.42 bits per heavy atom. The van der Waals surface area contributed by atoms with Gasteiger partial charge in [0.25, 0.3) is 0 Å². The topological polar surface area (TPSA) is 80.7 Å². The summed E-state index contributed by atoms with van der Waals surface area (Å²) in [4.78, 5) is 12.1. The minimum absolute atomic E-state index is 0.0151. The predicted molar refractivity (Wildman–Crippen MR) is 75.1 cm³/mol. The highest BCUT2D eigenvalue weighted by Crippen LogP contribution is 2.30. The van der Waals surface area contributed by atoms with Crippen molar-refractivity contribution in [2.45, 2.75) is 26.7 Å². The van der Waals surface area contributed by atoms with Crippen molar-refractivity contribution in [3.63, 3.8) is 0 Å². The maximum atomic E-state index is 11.3. The summed E-state index contributed by atoms with van der Waals surface area (Å²) in [6.07, 6.45) is 1.71. The van der Waals surface area contributed by atoms with Gasteiger partial charge in [0.2, 0.25) is 0 Å². The zero-order valence-electron chi connectivity index (χ0n) is 11.0. The van der Waals surface area contributed by atoms with Crippen molar-refractivity contribution in [1.82, 2.24) is 0 Å². The van der Waals surface area contributed by atoms with Gasteiger partial charge in [-0.05, 0) is 12.5 Å². The van der Waals surface area contributed by atoms with E-state index in [0.717, 1.165) is 17.7 Å². The second-order valence-corrected chi connectivity index (χ2v) is 7.66. The fourth-order valence-corrected chi connectivity index (χ4v) is 3.14. The zero-order valence-corrected chi connectivity index (χ0v) is 12.6. The third-order valence-corrected chi connectivity index (χ3v) is 5.36. The Morgan fingerprint density at radius 2 is 2.11 bits per heavy atom. The number of ether oxygens (including phenoxy) is 1. The molecule has 0 saturated heterocycles. The van der Waals surface area contributed by atoms with Crippen LogP contribution in [0.4, 0.5) is 0 Å². The third-order valence-electron chi connectivity index (χ3n) is 2.53. The lowest BCUT2D eigenvalue weighted by Crippen LogP contribution is -2.16. The summed E-state index contributed by atoms with van der Waals surface area (Å²) in [7, 11) is -3.10. The molecule has 0 bridgehead atoms. The van der Waals surface area contributed by atoms with Crippen LogP contribution in [0.15, 0.2) is 6.07 Å². The Morgan fingerprint density at radius 3 is 2.63 bits per heavy atom. The van der Waals surface area contributed by atoms with E-state index in [1.54, 1.807) is 13.0 Å². The summed E-state index contributed by atoms with van der Waals surface area (Å²) in [5.74, 6) is -0.804. The van der Waals surface area contributed by atoms with Crippen LogP contribution in [0.2, 0.25) is 0 Å². The van der Waals surface area contributed by atoms with Crippen LogP contribution >= 0.6 is 11.3 Å². The number of carboxylic acid groups (broad SMARTS) is 1. The molecule has 1 rings (SSSR count). The van der Waals surface area contributed by atoms with Crippen molar-refractivity contribution in [1.29, 1.82) is 0 Å². The van der Waals surface area contributed by atoms with E-state index in [1.807, 2.05) is 6.92 Å². The fourth-order valence-electron chi connectivity index (χ4n) is 1.47. The van der Waals surface area contributed by atoms with E-state index in [-0.39, 0.29) is 28.7 Å². The van der Waals surface area contributed by atoms with E-state index in [2.05, 4.69) is 0 Å². The second-order valence-electron chi connectivity index (χ2n) is 4.05. The van der Waals surface area contributed by atoms with Crippen LogP contribution in [-0.2, 0) is 16.3 Å². The smallest absolute Gasteiger partial charge is 0.349 e. The number of hydrogen-bond donors (Lipinski definition) is 1. The molecule has 1 N–H and O–H groups in total. The molecule has 0 fully saturated rings. The summed E-state index contributed by atoms with van der Waals surface area (Å²) in [5.41, 5.74) is 0. The first-order valence-corrected chi connectivity index (χ1v) is 8.72. The van der Waals surface area contributed by atoms with Gasteiger partial charge in [-0.25, -0.2) is 13.2 Å². The van der Waals surface area contributed by atoms with Crippen molar-refractivity contribution in [3.05, 3.63) is 15.8 Å². The minimum atomic E-state index is -3.10. The summed E-state index contributed by atoms with van der Waals surface area (Å²) >= 11 is 1.18. The Hall–Kier alpha value is -1.08. The van der Waals surface area contributed by atoms with Crippen LogP contribution < -0.4 is 4.74 Å². The van der Waals surface area contributed by atoms with Gasteiger partial charge in [-0.3, -0.25) is 0 Å². The number of carbonyl (C=O) groups is 1. The number of thiophene rings is 1. The SMILES string of the molecule is CCCc1cc(OCCS(=O)(=O)CC)c(C(=O)O)s1. The number of hydrogen-bond acceptors (Lipinski definition) is 5. The molecule has 0 spiro atoms. The molecular weight excluding hydrogens is 288 g/mol. The largest absolute Gasteiger partial charge is 0.491 e. The lowest BCUT2D eigenvalue weighted by atomic mass is 10.3. The molecule has 0 amide bonds. The van der Waals surface area contributed by atoms with E-state index in [1.165, 1.54) is 11.3 Å². The van der Waals surface area contributed by atoms with E-state index in [9.17, 15) is 13.2 Å². The maximum Gasteiger partial charge on any atom is 0.349 e. The van der Waals surface area contributed by atoms with Crippen LogP contribution in [0.1, 0.15) is 34.8 Å². The third kappa shape index (κ3) is 4.83. The Balaban J connectivity index is 2.74. The predicted octanol–water partition coefficient (Wildman–Crippen LogP) is 2.21. The highest BCUT2D eigenvalue weighted by Gasteiger charge is 2.17. The van der Waals surface area contributed by atoms with E-state index in [4.69, 9.17) is 9.84 Å². The monoisotopic (exact) mass is 306 g/mol. The average molecular weight is 306 g/mol. The molecule has 5 nitrogen and oxygen atoms in total. The van der Waals surface area contributed by atoms with E-state index < -0.39 is 15.8 Å². The lowest BCUT2D eigenvalue weighted by molar-refractivity contribution is 0.0698. The fraction of sp³-hybridized carbons (Fsp3) is 0.583. The van der Waals surface area contributed by atoms with Gasteiger partial charge in [-0.15, -0.1) is 11.3 Å². The second kappa shape index (κ2) is 6.91. The molecule has 0 aliphatic heterocycles. The zero-order chi connectivity index (χ0) is 14.5. The lowest BCUT2D eigenvalue weighted by Gasteiger charge is -2.05. The molecule has 1 aromatic rings. The number of aromatic carboxylic acids is 1. The maximum absolute atomic E-state index is 11.3. The number of rotatable bonds is 8. The molecule has 108 valence electrons. The van der Waals surface area contributed by atoms with Crippen molar-refractivity contribution < 1.29 is 23.1 Å². The summed E-state index contributed by atoms with van der Waals surface area (Å²) in [5, 5.41) is 9.06. The van der Waals surface area contributed by atoms with Crippen molar-refractivity contribution in [3.8, 4) is 5.75 Å². The highest BCUT2D eigenvalue weighted by molar-refractivity contribution is 7.91. The average Bonchev–Trinajstić information content (AvgIpc) is 2.73. The minimum Gasteiger partial charge on any atom is -0.491 e. The number of carboxylic acids is 1. The molecule has 7 heteroatoms. The number of sulfone groups is 1. The molecule has 0 saturated carbocycles. The van der Waals surface area contributed by atoms with Gasteiger partial charge >= 0.3 is 5.97 Å². The summed E-state index contributed by atoms with van der Waals surface area (Å²) < 4.78 is 28.0. The van der Waals surface area contributed by atoms with Crippen LogP contribution in [0, 0.1) is 0 Å². The van der Waals surface area contributed by atoms with Gasteiger partial charge in [-0.1, -0.05) is 20.3 Å². The van der Waals surface area contributed by atoms with E-state index >= 15 is 0 Å². The normalized spacial score (nSPS) is 11.5. The molecule has 0 atom stereocenters. The van der Waals surface area contributed by atoms with Crippen LogP contribution in [0.5, 0.6) is 5.75 Å². The first-order valence-electron chi connectivity index (χ1n) is 6.08. The van der Waals surface area contributed by atoms with Gasteiger partial charge in [0, 0.05) is 10.6 Å². The Kier molecular flexibility index (Phi) is 5.81. The molecule has 0 aliphatic rings. The Bertz CT molecular complexity index is 530. The molecule has 1 aromatic heterocycles. The van der Waals surface area contributed by atoms with Gasteiger partial charge < -0.3 is 9.84 Å². The molecule has 0 unspecified atom stereocenters. The van der Waals surface area contributed by atoms with Gasteiger partial charge in [0.05, 0.1) is 5.75 Å². The highest BCUT2D eigenvalue weighted by atomic mass is 32.2. The first kappa shape index (κ1) is 16.0. The molecule has 0 radical (unpaired) electrons. The molecule has 1 heterocycles. The van der Waals surface area contributed by atoms with Gasteiger partial charge in [0.15, 0.2) is 14.7 Å².